The third kappa shape index (κ3) is 4.16. The highest BCUT2D eigenvalue weighted by Crippen LogP contribution is 2.49. The molecule has 9 nitrogen and oxygen atoms in total. The smallest absolute Gasteiger partial charge is 0.258 e. The molecule has 1 aromatic heterocycles. The van der Waals surface area contributed by atoms with Crippen LogP contribution in [0.25, 0.3) is 22.8 Å². The topological polar surface area (TPSA) is 133 Å². The molecule has 0 radical (unpaired) electrons. The number of benzene rings is 2. The van der Waals surface area contributed by atoms with E-state index < -0.39 is 12.7 Å². The van der Waals surface area contributed by atoms with Crippen molar-refractivity contribution in [2.24, 2.45) is 5.92 Å². The molecular weight excluding hydrogens is 448 g/mol. The number of hydrogen-bond acceptors (Lipinski definition) is 8. The number of rotatable bonds is 7. The van der Waals surface area contributed by atoms with Crippen LogP contribution in [0.4, 0.5) is 0 Å². The van der Waals surface area contributed by atoms with Crippen LogP contribution in [0.15, 0.2) is 40.9 Å². The van der Waals surface area contributed by atoms with Gasteiger partial charge < -0.3 is 24.4 Å². The number of carbonyl (C=O) groups is 1. The molecule has 0 saturated carbocycles. The lowest BCUT2D eigenvalue weighted by atomic mass is 10.0. The Kier molecular flexibility index (Phi) is 6.01. The molecule has 35 heavy (non-hydrogen) atoms. The van der Waals surface area contributed by atoms with E-state index in [1.165, 1.54) is 0 Å². The summed E-state index contributed by atoms with van der Waals surface area (Å²) in [5.74, 6) is 1.33. The largest absolute Gasteiger partial charge is 0.490 e. The van der Waals surface area contributed by atoms with Gasteiger partial charge in [-0.1, -0.05) is 23.4 Å². The minimum absolute atomic E-state index is 0.0106. The third-order valence-electron chi connectivity index (χ3n) is 6.53. The third-order valence-corrected chi connectivity index (χ3v) is 6.53. The molecule has 0 spiro atoms. The van der Waals surface area contributed by atoms with E-state index in [-0.39, 0.29) is 30.5 Å². The highest BCUT2D eigenvalue weighted by Gasteiger charge is 2.46. The van der Waals surface area contributed by atoms with Crippen molar-refractivity contribution in [1.82, 2.24) is 15.0 Å². The zero-order valence-corrected chi connectivity index (χ0v) is 19.5. The Balaban J connectivity index is 1.46. The minimum atomic E-state index is -0.972. The van der Waals surface area contributed by atoms with E-state index in [1.54, 1.807) is 23.1 Å². The van der Waals surface area contributed by atoms with Gasteiger partial charge in [-0.3, -0.25) is 4.79 Å². The molecule has 3 unspecified atom stereocenters. The van der Waals surface area contributed by atoms with Gasteiger partial charge in [0.25, 0.3) is 5.89 Å². The average molecular weight is 475 g/mol. The molecule has 2 aliphatic rings. The number of hydrogen-bond donors (Lipinski definition) is 2. The standard InChI is InChI=1S/C26H26N4O5/c1-14(2)34-22-7-6-15(8-17(22)11-27)26-28-25(29-35-26)20-5-3-4-19-21(20)9-16-10-23(33)30(24(16)19)12-18(32)13-31/h3-8,14,16,18,24,31-32H,9-10,12-13H2,1-2H3. The van der Waals surface area contributed by atoms with E-state index in [2.05, 4.69) is 16.2 Å². The number of aliphatic hydroxyl groups is 2. The minimum Gasteiger partial charge on any atom is -0.490 e. The monoisotopic (exact) mass is 474 g/mol. The zero-order valence-electron chi connectivity index (χ0n) is 19.5. The van der Waals surface area contributed by atoms with E-state index in [4.69, 9.17) is 9.26 Å². The predicted octanol–water partition coefficient (Wildman–Crippen LogP) is 2.86. The van der Waals surface area contributed by atoms with Crippen LogP contribution < -0.4 is 4.74 Å². The fourth-order valence-corrected chi connectivity index (χ4v) is 5.11. The van der Waals surface area contributed by atoms with Crippen LogP contribution in [0, 0.1) is 17.2 Å². The molecule has 0 bridgehead atoms. The van der Waals surface area contributed by atoms with Gasteiger partial charge in [0, 0.05) is 24.1 Å². The Morgan fingerprint density at radius 1 is 1.29 bits per heavy atom. The Bertz CT molecular complexity index is 1310. The second-order valence-electron chi connectivity index (χ2n) is 9.28. The maximum absolute atomic E-state index is 12.6. The van der Waals surface area contributed by atoms with Crippen molar-refractivity contribution in [3.05, 3.63) is 53.1 Å². The van der Waals surface area contributed by atoms with Crippen LogP contribution in [0.1, 0.15) is 43.0 Å². The highest BCUT2D eigenvalue weighted by molar-refractivity contribution is 5.81. The van der Waals surface area contributed by atoms with Gasteiger partial charge in [0.2, 0.25) is 11.7 Å². The number of aliphatic hydroxyl groups excluding tert-OH is 2. The molecule has 1 aliphatic carbocycles. The van der Waals surface area contributed by atoms with Crippen molar-refractivity contribution in [2.75, 3.05) is 13.2 Å². The number of likely N-dealkylation sites (tertiary alicyclic amines) is 1. The first-order valence-electron chi connectivity index (χ1n) is 11.6. The SMILES string of the molecule is CC(C)Oc1ccc(-c2nc(-c3cccc4c3CC3CC(=O)N(CC(O)CO)C43)no2)cc1C#N. The van der Waals surface area contributed by atoms with Gasteiger partial charge in [-0.15, -0.1) is 0 Å². The molecule has 9 heteroatoms. The predicted molar refractivity (Wildman–Crippen MR) is 125 cm³/mol. The van der Waals surface area contributed by atoms with Crippen molar-refractivity contribution in [2.45, 2.75) is 44.9 Å². The van der Waals surface area contributed by atoms with Gasteiger partial charge in [-0.25, -0.2) is 0 Å². The van der Waals surface area contributed by atoms with Crippen molar-refractivity contribution in [3.8, 4) is 34.7 Å². The summed E-state index contributed by atoms with van der Waals surface area (Å²) in [7, 11) is 0. The molecule has 1 amide bonds. The molecule has 1 aliphatic heterocycles. The first kappa shape index (κ1) is 23.0. The molecule has 5 rings (SSSR count). The summed E-state index contributed by atoms with van der Waals surface area (Å²) in [6, 6.07) is 13.0. The Hall–Kier alpha value is -3.74. The highest BCUT2D eigenvalue weighted by atomic mass is 16.5. The maximum Gasteiger partial charge on any atom is 0.258 e. The first-order chi connectivity index (χ1) is 16.9. The second-order valence-corrected chi connectivity index (χ2v) is 9.28. The summed E-state index contributed by atoms with van der Waals surface area (Å²) >= 11 is 0. The van der Waals surface area contributed by atoms with Crippen molar-refractivity contribution >= 4 is 5.91 Å². The van der Waals surface area contributed by atoms with E-state index in [0.717, 1.165) is 16.7 Å². The first-order valence-corrected chi connectivity index (χ1v) is 11.6. The number of aromatic nitrogens is 2. The summed E-state index contributed by atoms with van der Waals surface area (Å²) in [6.45, 7) is 3.51. The summed E-state index contributed by atoms with van der Waals surface area (Å²) in [4.78, 5) is 18.8. The number of nitriles is 1. The lowest BCUT2D eigenvalue weighted by molar-refractivity contribution is -0.130. The lowest BCUT2D eigenvalue weighted by Gasteiger charge is -2.27. The van der Waals surface area contributed by atoms with Crippen LogP contribution in [-0.4, -0.2) is 56.5 Å². The summed E-state index contributed by atoms with van der Waals surface area (Å²) in [6.07, 6.45) is 0.0640. The Morgan fingerprint density at radius 2 is 2.11 bits per heavy atom. The van der Waals surface area contributed by atoms with E-state index in [0.29, 0.717) is 41.4 Å². The van der Waals surface area contributed by atoms with Crippen LogP contribution in [0.5, 0.6) is 5.75 Å². The van der Waals surface area contributed by atoms with Crippen molar-refractivity contribution < 1.29 is 24.3 Å². The number of β-amino-alcohol motifs (C(OH)–C–C–N with tert-alkyl or cyclic N) is 1. The summed E-state index contributed by atoms with van der Waals surface area (Å²) in [5, 5.41) is 32.9. The van der Waals surface area contributed by atoms with Crippen molar-refractivity contribution in [3.63, 3.8) is 0 Å². The molecule has 1 saturated heterocycles. The van der Waals surface area contributed by atoms with Gasteiger partial charge in [-0.05, 0) is 55.5 Å². The lowest BCUT2D eigenvalue weighted by Crippen LogP contribution is -2.36. The normalized spacial score (nSPS) is 19.5. The fraction of sp³-hybridized carbons (Fsp3) is 0.385. The van der Waals surface area contributed by atoms with Crippen LogP contribution >= 0.6 is 0 Å². The number of fused-ring (bicyclic) bond motifs is 3. The molecule has 2 N–H and O–H groups in total. The number of nitrogens with zero attached hydrogens (tertiary/aromatic N) is 4. The van der Waals surface area contributed by atoms with E-state index >= 15 is 0 Å². The van der Waals surface area contributed by atoms with E-state index in [1.807, 2.05) is 32.0 Å². The van der Waals surface area contributed by atoms with Gasteiger partial charge >= 0.3 is 0 Å². The number of carbonyl (C=O) groups excluding carboxylic acids is 1. The molecular formula is C26H26N4O5. The van der Waals surface area contributed by atoms with Gasteiger partial charge in [-0.2, -0.15) is 10.2 Å². The number of ether oxygens (including phenoxy) is 1. The van der Waals surface area contributed by atoms with Crippen molar-refractivity contribution in [1.29, 1.82) is 5.26 Å². The quantitative estimate of drug-likeness (QED) is 0.534. The molecule has 3 aromatic rings. The van der Waals surface area contributed by atoms with Crippen LogP contribution in [0.3, 0.4) is 0 Å². The molecule has 180 valence electrons. The molecule has 2 aromatic carbocycles. The zero-order chi connectivity index (χ0) is 24.7. The molecule has 3 atom stereocenters. The Labute approximate surface area is 202 Å². The van der Waals surface area contributed by atoms with Crippen LogP contribution in [0.2, 0.25) is 0 Å². The summed E-state index contributed by atoms with van der Waals surface area (Å²) < 4.78 is 11.2. The van der Waals surface area contributed by atoms with Crippen LogP contribution in [-0.2, 0) is 11.2 Å². The fourth-order valence-electron chi connectivity index (χ4n) is 5.11. The van der Waals surface area contributed by atoms with E-state index in [9.17, 15) is 20.3 Å². The van der Waals surface area contributed by atoms with Gasteiger partial charge in [0.05, 0.1) is 30.4 Å². The van der Waals surface area contributed by atoms with Gasteiger partial charge in [0.1, 0.15) is 11.8 Å². The second kappa shape index (κ2) is 9.13. The summed E-state index contributed by atoms with van der Waals surface area (Å²) in [5.41, 5.74) is 3.91. The van der Waals surface area contributed by atoms with Gasteiger partial charge in [0.15, 0.2) is 0 Å². The molecule has 1 fully saturated rings. The number of amides is 1. The average Bonchev–Trinajstić information content (AvgIpc) is 3.54. The Morgan fingerprint density at radius 3 is 2.86 bits per heavy atom. The molecule has 2 heterocycles. The maximum atomic E-state index is 12.6.